The van der Waals surface area contributed by atoms with Crippen molar-refractivity contribution < 1.29 is 0 Å². The third kappa shape index (κ3) is 2.44. The molecule has 0 fully saturated rings. The fourth-order valence-corrected chi connectivity index (χ4v) is 2.63. The Bertz CT molecular complexity index is 573. The van der Waals surface area contributed by atoms with Crippen LogP contribution in [0.3, 0.4) is 0 Å². The molecule has 1 aromatic heterocycles. The van der Waals surface area contributed by atoms with E-state index in [1.807, 2.05) is 19.2 Å². The molecule has 2 aromatic rings. The molecule has 1 heterocycles. The average Bonchev–Trinajstić information content (AvgIpc) is 2.89. The number of rotatable bonds is 3. The van der Waals surface area contributed by atoms with Gasteiger partial charge in [0.15, 0.2) is 0 Å². The van der Waals surface area contributed by atoms with Crippen LogP contribution in [0.4, 0.5) is 0 Å². The first kappa shape index (κ1) is 12.8. The lowest BCUT2D eigenvalue weighted by Gasteiger charge is -2.10. The van der Waals surface area contributed by atoms with E-state index in [1.54, 1.807) is 11.3 Å². The molecule has 92 valence electrons. The third-order valence-corrected chi connectivity index (χ3v) is 3.92. The van der Waals surface area contributed by atoms with Crippen molar-refractivity contribution in [1.29, 1.82) is 5.26 Å². The van der Waals surface area contributed by atoms with Crippen LogP contribution in [-0.2, 0) is 11.8 Å². The van der Waals surface area contributed by atoms with Crippen molar-refractivity contribution >= 4 is 11.3 Å². The Balaban J connectivity index is 2.32. The summed E-state index contributed by atoms with van der Waals surface area (Å²) in [5, 5.41) is 12.1. The van der Waals surface area contributed by atoms with Gasteiger partial charge < -0.3 is 0 Å². The van der Waals surface area contributed by atoms with E-state index in [0.717, 1.165) is 22.7 Å². The first-order valence-electron chi connectivity index (χ1n) is 6.03. The van der Waals surface area contributed by atoms with Gasteiger partial charge in [0.05, 0.1) is 17.2 Å². The van der Waals surface area contributed by atoms with Gasteiger partial charge in [-0.25, -0.2) is 4.98 Å². The number of nitrogens with zero attached hydrogens (tertiary/aromatic N) is 2. The molecule has 0 saturated heterocycles. The highest BCUT2D eigenvalue weighted by Crippen LogP contribution is 2.29. The second-order valence-electron chi connectivity index (χ2n) is 4.83. The number of hydrogen-bond acceptors (Lipinski definition) is 3. The monoisotopic (exact) mass is 256 g/mol. The van der Waals surface area contributed by atoms with Crippen LogP contribution in [0.15, 0.2) is 29.6 Å². The van der Waals surface area contributed by atoms with E-state index in [0.29, 0.717) is 0 Å². The highest BCUT2D eigenvalue weighted by molar-refractivity contribution is 7.13. The lowest BCUT2D eigenvalue weighted by molar-refractivity contribution is 0.666. The maximum Gasteiger partial charge on any atom is 0.123 e. The van der Waals surface area contributed by atoms with Crippen LogP contribution in [0.1, 0.15) is 32.0 Å². The number of aromatic nitrogens is 1. The molecule has 0 N–H and O–H groups in total. The second kappa shape index (κ2) is 4.91. The van der Waals surface area contributed by atoms with E-state index in [-0.39, 0.29) is 0 Å². The molecule has 0 atom stereocenters. The zero-order chi connectivity index (χ0) is 13.2. The molecule has 0 aliphatic heterocycles. The quantitative estimate of drug-likeness (QED) is 0.826. The Labute approximate surface area is 112 Å². The zero-order valence-corrected chi connectivity index (χ0v) is 11.7. The second-order valence-corrected chi connectivity index (χ2v) is 5.68. The summed E-state index contributed by atoms with van der Waals surface area (Å²) in [6, 6.07) is 10.7. The van der Waals surface area contributed by atoms with Gasteiger partial charge in [-0.05, 0) is 25.8 Å². The summed E-state index contributed by atoms with van der Waals surface area (Å²) < 4.78 is 0. The highest BCUT2D eigenvalue weighted by Gasteiger charge is 2.23. The molecule has 0 unspecified atom stereocenters. The van der Waals surface area contributed by atoms with Gasteiger partial charge in [0.2, 0.25) is 0 Å². The highest BCUT2D eigenvalue weighted by atomic mass is 32.1. The van der Waals surface area contributed by atoms with Crippen LogP contribution in [0, 0.1) is 11.3 Å². The minimum absolute atomic E-state index is 0.516. The number of nitriles is 1. The molecule has 3 heteroatoms. The Morgan fingerprint density at radius 1 is 1.28 bits per heavy atom. The molecule has 0 amide bonds. The van der Waals surface area contributed by atoms with Gasteiger partial charge in [-0.1, -0.05) is 31.2 Å². The van der Waals surface area contributed by atoms with Gasteiger partial charge in [0.1, 0.15) is 5.01 Å². The SMILES string of the molecule is CCc1ccc(-c2nc(C(C)(C)C#N)cs2)cc1. The Kier molecular flexibility index (Phi) is 3.49. The minimum atomic E-state index is -0.516. The summed E-state index contributed by atoms with van der Waals surface area (Å²) in [5.41, 5.74) is 2.78. The summed E-state index contributed by atoms with van der Waals surface area (Å²) in [4.78, 5) is 4.57. The topological polar surface area (TPSA) is 36.7 Å². The Morgan fingerprint density at radius 3 is 2.50 bits per heavy atom. The van der Waals surface area contributed by atoms with E-state index in [1.165, 1.54) is 5.56 Å². The van der Waals surface area contributed by atoms with Crippen LogP contribution in [0.25, 0.3) is 10.6 Å². The van der Waals surface area contributed by atoms with E-state index >= 15 is 0 Å². The first-order chi connectivity index (χ1) is 8.56. The van der Waals surface area contributed by atoms with Gasteiger partial charge in [0.25, 0.3) is 0 Å². The molecule has 0 bridgehead atoms. The summed E-state index contributed by atoms with van der Waals surface area (Å²) in [6.45, 7) is 5.93. The van der Waals surface area contributed by atoms with Crippen molar-refractivity contribution in [3.05, 3.63) is 40.9 Å². The van der Waals surface area contributed by atoms with E-state index in [9.17, 15) is 0 Å². The molecular formula is C15H16N2S. The van der Waals surface area contributed by atoms with Crippen molar-refractivity contribution in [3.63, 3.8) is 0 Å². The first-order valence-corrected chi connectivity index (χ1v) is 6.91. The molecule has 2 rings (SSSR count). The van der Waals surface area contributed by atoms with Gasteiger partial charge in [-0.2, -0.15) is 5.26 Å². The van der Waals surface area contributed by atoms with Crippen LogP contribution in [0.5, 0.6) is 0 Å². The van der Waals surface area contributed by atoms with Gasteiger partial charge in [-0.3, -0.25) is 0 Å². The lowest BCUT2D eigenvalue weighted by Crippen LogP contribution is -2.14. The number of benzene rings is 1. The summed E-state index contributed by atoms with van der Waals surface area (Å²) in [7, 11) is 0. The third-order valence-electron chi connectivity index (χ3n) is 3.03. The van der Waals surface area contributed by atoms with Crippen molar-refractivity contribution in [2.45, 2.75) is 32.6 Å². The maximum absolute atomic E-state index is 9.11. The number of aryl methyl sites for hydroxylation is 1. The molecule has 2 nitrogen and oxygen atoms in total. The van der Waals surface area contributed by atoms with Gasteiger partial charge in [0, 0.05) is 10.9 Å². The minimum Gasteiger partial charge on any atom is -0.239 e. The fraction of sp³-hybridized carbons (Fsp3) is 0.333. The van der Waals surface area contributed by atoms with Crippen molar-refractivity contribution in [1.82, 2.24) is 4.98 Å². The van der Waals surface area contributed by atoms with Crippen LogP contribution in [-0.4, -0.2) is 4.98 Å². The van der Waals surface area contributed by atoms with E-state index < -0.39 is 5.41 Å². The molecule has 18 heavy (non-hydrogen) atoms. The lowest BCUT2D eigenvalue weighted by atomic mass is 9.92. The summed E-state index contributed by atoms with van der Waals surface area (Å²) in [5.74, 6) is 0. The number of hydrogen-bond donors (Lipinski definition) is 0. The average molecular weight is 256 g/mol. The molecule has 0 spiro atoms. The standard InChI is InChI=1S/C15H16N2S/c1-4-11-5-7-12(8-6-11)14-17-13(9-18-14)15(2,3)10-16/h5-9H,4H2,1-3H3. The van der Waals surface area contributed by atoms with Gasteiger partial charge >= 0.3 is 0 Å². The van der Waals surface area contributed by atoms with Crippen molar-refractivity contribution in [2.24, 2.45) is 0 Å². The van der Waals surface area contributed by atoms with E-state index in [2.05, 4.69) is 42.2 Å². The van der Waals surface area contributed by atoms with Gasteiger partial charge in [-0.15, -0.1) is 11.3 Å². The summed E-state index contributed by atoms with van der Waals surface area (Å²) >= 11 is 1.60. The predicted molar refractivity (Wildman–Crippen MR) is 75.6 cm³/mol. The van der Waals surface area contributed by atoms with E-state index in [4.69, 9.17) is 5.26 Å². The fourth-order valence-electron chi connectivity index (χ4n) is 1.63. The van der Waals surface area contributed by atoms with Crippen LogP contribution < -0.4 is 0 Å². The predicted octanol–water partition coefficient (Wildman–Crippen LogP) is 4.17. The molecule has 1 aromatic carbocycles. The zero-order valence-electron chi connectivity index (χ0n) is 10.9. The van der Waals surface area contributed by atoms with Crippen LogP contribution in [0.2, 0.25) is 0 Å². The maximum atomic E-state index is 9.11. The normalized spacial score (nSPS) is 11.2. The van der Waals surface area contributed by atoms with Crippen molar-refractivity contribution in [3.8, 4) is 16.6 Å². The van der Waals surface area contributed by atoms with Crippen molar-refractivity contribution in [2.75, 3.05) is 0 Å². The molecule has 0 radical (unpaired) electrons. The summed E-state index contributed by atoms with van der Waals surface area (Å²) in [6.07, 6.45) is 1.05. The number of thiazole rings is 1. The molecule has 0 aliphatic carbocycles. The Hall–Kier alpha value is -1.66. The molecule has 0 saturated carbocycles. The molecule has 0 aliphatic rings. The largest absolute Gasteiger partial charge is 0.239 e. The van der Waals surface area contributed by atoms with Crippen LogP contribution >= 0.6 is 11.3 Å². The molecular weight excluding hydrogens is 240 g/mol. The Morgan fingerprint density at radius 2 is 1.94 bits per heavy atom. The smallest absolute Gasteiger partial charge is 0.123 e.